The van der Waals surface area contributed by atoms with Crippen molar-refractivity contribution in [2.75, 3.05) is 0 Å². The lowest BCUT2D eigenvalue weighted by Gasteiger charge is -2.07. The number of aromatic carboxylic acids is 2. The third-order valence-corrected chi connectivity index (χ3v) is 5.03. The lowest BCUT2D eigenvalue weighted by Crippen LogP contribution is -2.10. The summed E-state index contributed by atoms with van der Waals surface area (Å²) < 4.78 is 0. The molecule has 7 nitrogen and oxygen atoms in total. The van der Waals surface area contributed by atoms with Crippen molar-refractivity contribution in [3.8, 4) is 0 Å². The van der Waals surface area contributed by atoms with E-state index in [1.54, 1.807) is 24.3 Å². The Bertz CT molecular complexity index is 950. The summed E-state index contributed by atoms with van der Waals surface area (Å²) in [5.41, 5.74) is -0.134. The predicted octanol–water partition coefficient (Wildman–Crippen LogP) is 4.83. The molecule has 0 fully saturated rings. The number of aliphatic hydroxyl groups excluding tert-OH is 1. The Hall–Kier alpha value is -3.32. The van der Waals surface area contributed by atoms with Gasteiger partial charge in [-0.3, -0.25) is 4.79 Å². The number of ketones is 1. The molecule has 0 radical (unpaired) electrons. The van der Waals surface area contributed by atoms with Crippen LogP contribution in [0.25, 0.3) is 6.08 Å². The highest BCUT2D eigenvalue weighted by molar-refractivity contribution is 6.10. The summed E-state index contributed by atoms with van der Waals surface area (Å²) >= 11 is 0. The van der Waals surface area contributed by atoms with E-state index < -0.39 is 23.8 Å². The third kappa shape index (κ3) is 7.74. The average molecular weight is 440 g/mol. The van der Waals surface area contributed by atoms with Gasteiger partial charge in [-0.05, 0) is 42.8 Å². The molecule has 0 amide bonds. The summed E-state index contributed by atoms with van der Waals surface area (Å²) in [6, 6.07) is 8.04. The molecule has 170 valence electrons. The van der Waals surface area contributed by atoms with Crippen LogP contribution in [0.3, 0.4) is 0 Å². The van der Waals surface area contributed by atoms with Crippen molar-refractivity contribution in [1.29, 1.82) is 0 Å². The van der Waals surface area contributed by atoms with Crippen LogP contribution >= 0.6 is 0 Å². The van der Waals surface area contributed by atoms with Gasteiger partial charge in [-0.2, -0.15) is 0 Å². The summed E-state index contributed by atoms with van der Waals surface area (Å²) in [5.74, 6) is -3.24. The molecule has 0 saturated heterocycles. The molecule has 0 aliphatic rings. The van der Waals surface area contributed by atoms with E-state index in [-0.39, 0.29) is 22.4 Å². The number of carbonyl (C=O) groups is 3. The van der Waals surface area contributed by atoms with E-state index >= 15 is 0 Å². The minimum Gasteiger partial charge on any atom is -0.478 e. The highest BCUT2D eigenvalue weighted by Gasteiger charge is 2.17. The molecule has 3 N–H and O–H groups in total. The van der Waals surface area contributed by atoms with Crippen LogP contribution < -0.4 is 0 Å². The highest BCUT2D eigenvalue weighted by atomic mass is 16.4. The summed E-state index contributed by atoms with van der Waals surface area (Å²) in [7, 11) is 0. The number of carboxylic acid groups (broad SMARTS) is 2. The first kappa shape index (κ1) is 24.9. The molecule has 0 bridgehead atoms. The van der Waals surface area contributed by atoms with Crippen molar-refractivity contribution >= 4 is 23.8 Å². The van der Waals surface area contributed by atoms with Gasteiger partial charge in [0.2, 0.25) is 5.78 Å². The van der Waals surface area contributed by atoms with Crippen molar-refractivity contribution in [2.45, 2.75) is 58.0 Å². The van der Waals surface area contributed by atoms with E-state index in [1.807, 2.05) is 0 Å². The molecule has 0 unspecified atom stereocenters. The van der Waals surface area contributed by atoms with Crippen molar-refractivity contribution in [1.82, 2.24) is 4.98 Å². The normalized spacial score (nSPS) is 12.1. The summed E-state index contributed by atoms with van der Waals surface area (Å²) in [6.45, 7) is 2.17. The molecule has 7 heteroatoms. The number of rotatable bonds is 13. The number of pyridine rings is 1. The van der Waals surface area contributed by atoms with Crippen LogP contribution in [0.1, 0.15) is 94.3 Å². The van der Waals surface area contributed by atoms with Crippen LogP contribution in [0.15, 0.2) is 42.5 Å². The zero-order valence-corrected chi connectivity index (χ0v) is 18.2. The molecule has 2 rings (SSSR count). The van der Waals surface area contributed by atoms with Crippen molar-refractivity contribution in [3.63, 3.8) is 0 Å². The fraction of sp³-hybridized carbons (Fsp3) is 0.360. The van der Waals surface area contributed by atoms with E-state index in [0.29, 0.717) is 12.1 Å². The molecule has 1 heterocycles. The second-order valence-corrected chi connectivity index (χ2v) is 7.67. The number of carboxylic acids is 2. The van der Waals surface area contributed by atoms with Gasteiger partial charge in [-0.1, -0.05) is 57.6 Å². The van der Waals surface area contributed by atoms with Gasteiger partial charge in [0.1, 0.15) is 5.69 Å². The van der Waals surface area contributed by atoms with E-state index in [9.17, 15) is 29.7 Å². The zero-order chi connectivity index (χ0) is 23.5. The number of nitrogens with zero attached hydrogens (tertiary/aromatic N) is 1. The lowest BCUT2D eigenvalue weighted by molar-refractivity contribution is 0.0696. The smallest absolute Gasteiger partial charge is 0.335 e. The number of hydrogen-bond donors (Lipinski definition) is 3. The molecule has 0 aliphatic carbocycles. The minimum atomic E-state index is -1.33. The predicted molar refractivity (Wildman–Crippen MR) is 121 cm³/mol. The summed E-state index contributed by atoms with van der Waals surface area (Å²) in [6.07, 6.45) is 10.2. The quantitative estimate of drug-likeness (QED) is 0.301. The molecular formula is C25H29NO6. The fourth-order valence-corrected chi connectivity index (χ4v) is 3.26. The topological polar surface area (TPSA) is 125 Å². The highest BCUT2D eigenvalue weighted by Crippen LogP contribution is 2.16. The van der Waals surface area contributed by atoms with E-state index in [4.69, 9.17) is 0 Å². The molecule has 0 spiro atoms. The van der Waals surface area contributed by atoms with Gasteiger partial charge < -0.3 is 15.3 Å². The fourth-order valence-electron chi connectivity index (χ4n) is 3.26. The Morgan fingerprint density at radius 2 is 1.50 bits per heavy atom. The Kier molecular flexibility index (Phi) is 9.76. The third-order valence-electron chi connectivity index (χ3n) is 5.03. The maximum atomic E-state index is 12.8. The van der Waals surface area contributed by atoms with E-state index in [2.05, 4.69) is 11.9 Å². The monoisotopic (exact) mass is 439 g/mol. The van der Waals surface area contributed by atoms with Crippen molar-refractivity contribution in [3.05, 3.63) is 70.6 Å². The standard InChI is InChI=1S/C25H29NO6/c1-2-3-4-5-6-7-10-21(27)13-12-20-9-8-11-22(26-20)23(28)17-14-18(24(29)30)16-19(15-17)25(31)32/h8-9,11-16,21,27H,2-7,10H2,1H3,(H,29,30)(H,31,32)/b13-12+/t21-/m0/s1. The number of carbonyl (C=O) groups excluding carboxylic acids is 1. The summed E-state index contributed by atoms with van der Waals surface area (Å²) in [4.78, 5) is 39.6. The van der Waals surface area contributed by atoms with Crippen LogP contribution in [-0.2, 0) is 0 Å². The van der Waals surface area contributed by atoms with Gasteiger partial charge in [-0.15, -0.1) is 0 Å². The molecular weight excluding hydrogens is 410 g/mol. The second-order valence-electron chi connectivity index (χ2n) is 7.67. The first-order valence-corrected chi connectivity index (χ1v) is 10.8. The number of aromatic nitrogens is 1. The molecule has 1 aromatic carbocycles. The number of unbranched alkanes of at least 4 members (excludes halogenated alkanes) is 5. The number of benzene rings is 1. The van der Waals surface area contributed by atoms with Gasteiger partial charge in [-0.25, -0.2) is 14.6 Å². The molecule has 1 aromatic heterocycles. The Labute approximate surface area is 187 Å². The average Bonchev–Trinajstić information content (AvgIpc) is 2.79. The van der Waals surface area contributed by atoms with Gasteiger partial charge in [0.25, 0.3) is 0 Å². The molecule has 0 saturated carbocycles. The Morgan fingerprint density at radius 3 is 2.12 bits per heavy atom. The zero-order valence-electron chi connectivity index (χ0n) is 18.2. The lowest BCUT2D eigenvalue weighted by atomic mass is 10.0. The van der Waals surface area contributed by atoms with Gasteiger partial charge >= 0.3 is 11.9 Å². The van der Waals surface area contributed by atoms with Crippen LogP contribution in [-0.4, -0.2) is 44.1 Å². The first-order valence-electron chi connectivity index (χ1n) is 10.8. The maximum absolute atomic E-state index is 12.8. The van der Waals surface area contributed by atoms with Crippen LogP contribution in [0.5, 0.6) is 0 Å². The SMILES string of the molecule is CCCCCCCC[C@H](O)/C=C/c1cccc(C(=O)c2cc(C(=O)O)cc(C(=O)O)c2)n1. The number of hydrogen-bond acceptors (Lipinski definition) is 5. The van der Waals surface area contributed by atoms with Crippen LogP contribution in [0, 0.1) is 0 Å². The molecule has 0 aliphatic heterocycles. The maximum Gasteiger partial charge on any atom is 0.335 e. The van der Waals surface area contributed by atoms with Crippen molar-refractivity contribution in [2.24, 2.45) is 0 Å². The summed E-state index contributed by atoms with van der Waals surface area (Å²) in [5, 5.41) is 28.5. The van der Waals surface area contributed by atoms with Crippen molar-refractivity contribution < 1.29 is 29.7 Å². The largest absolute Gasteiger partial charge is 0.478 e. The molecule has 32 heavy (non-hydrogen) atoms. The second kappa shape index (κ2) is 12.5. The van der Waals surface area contributed by atoms with Crippen LogP contribution in [0.2, 0.25) is 0 Å². The number of aliphatic hydroxyl groups is 1. The first-order chi connectivity index (χ1) is 15.3. The Balaban J connectivity index is 2.07. The molecule has 2 aromatic rings. The van der Waals surface area contributed by atoms with E-state index in [0.717, 1.165) is 31.0 Å². The minimum absolute atomic E-state index is 0.0523. The van der Waals surface area contributed by atoms with Gasteiger partial charge in [0.05, 0.1) is 22.9 Å². The van der Waals surface area contributed by atoms with Crippen LogP contribution in [0.4, 0.5) is 0 Å². The van der Waals surface area contributed by atoms with Gasteiger partial charge in [0.15, 0.2) is 0 Å². The van der Waals surface area contributed by atoms with E-state index in [1.165, 1.54) is 31.7 Å². The molecule has 1 atom stereocenters. The Morgan fingerprint density at radius 1 is 0.906 bits per heavy atom. The van der Waals surface area contributed by atoms with Gasteiger partial charge in [0, 0.05) is 5.56 Å².